The largest absolute Gasteiger partial charge is 0.452 e. The van der Waals surface area contributed by atoms with Crippen molar-refractivity contribution in [3.05, 3.63) is 79.6 Å². The second-order valence-corrected chi connectivity index (χ2v) is 7.21. The maximum absolute atomic E-state index is 12.4. The molecule has 4 aromatic rings. The first kappa shape index (κ1) is 19.0. The number of carbonyl (C=O) groups excluding carboxylic acids is 1. The van der Waals surface area contributed by atoms with Crippen molar-refractivity contribution in [2.45, 2.75) is 13.5 Å². The molecular weight excluding hydrogens is 416 g/mol. The topological polar surface area (TPSA) is 100 Å². The van der Waals surface area contributed by atoms with Gasteiger partial charge in [0, 0.05) is 22.2 Å². The van der Waals surface area contributed by atoms with Crippen molar-refractivity contribution in [3.63, 3.8) is 0 Å². The van der Waals surface area contributed by atoms with E-state index in [1.165, 1.54) is 22.1 Å². The van der Waals surface area contributed by atoms with Crippen molar-refractivity contribution in [1.29, 1.82) is 0 Å². The molecule has 0 bridgehead atoms. The number of esters is 1. The lowest BCUT2D eigenvalue weighted by Crippen LogP contribution is -2.24. The van der Waals surface area contributed by atoms with Gasteiger partial charge in [-0.15, -0.1) is 0 Å². The second kappa shape index (κ2) is 7.98. The maximum atomic E-state index is 12.4. The van der Waals surface area contributed by atoms with Crippen LogP contribution < -0.4 is 5.43 Å². The number of nitrogens with zero attached hydrogens (tertiary/aromatic N) is 4. The van der Waals surface area contributed by atoms with Gasteiger partial charge in [0.05, 0.1) is 11.3 Å². The Kier molecular flexibility index (Phi) is 5.24. The Labute approximate surface area is 173 Å². The molecule has 0 aliphatic rings. The van der Waals surface area contributed by atoms with Crippen molar-refractivity contribution >= 4 is 28.9 Å². The fraction of sp³-hybridized carbons (Fsp3) is 0.105. The van der Waals surface area contributed by atoms with Gasteiger partial charge < -0.3 is 9.26 Å². The van der Waals surface area contributed by atoms with Crippen LogP contribution in [0.5, 0.6) is 0 Å². The fourth-order valence-corrected chi connectivity index (χ4v) is 3.30. The summed E-state index contributed by atoms with van der Waals surface area (Å²) in [5, 5.41) is 12.2. The predicted octanol–water partition coefficient (Wildman–Crippen LogP) is 3.66. The highest BCUT2D eigenvalue weighted by atomic mass is 35.5. The molecule has 0 saturated heterocycles. The fourth-order valence-electron chi connectivity index (χ4n) is 2.55. The molecule has 29 heavy (non-hydrogen) atoms. The Hall–Kier alpha value is -3.30. The molecule has 0 saturated carbocycles. The zero-order chi connectivity index (χ0) is 20.4. The van der Waals surface area contributed by atoms with Crippen LogP contribution in [0.25, 0.3) is 17.1 Å². The Morgan fingerprint density at radius 3 is 2.79 bits per heavy atom. The van der Waals surface area contributed by atoms with Gasteiger partial charge in [0.1, 0.15) is 0 Å². The number of rotatable bonds is 5. The number of benzene rings is 1. The number of halogens is 1. The smallest absolute Gasteiger partial charge is 0.363 e. The van der Waals surface area contributed by atoms with E-state index in [-0.39, 0.29) is 18.1 Å². The van der Waals surface area contributed by atoms with Crippen LogP contribution in [0.4, 0.5) is 0 Å². The molecule has 0 fully saturated rings. The lowest BCUT2D eigenvalue weighted by Gasteiger charge is -2.10. The van der Waals surface area contributed by atoms with Crippen LogP contribution in [-0.4, -0.2) is 25.9 Å². The van der Waals surface area contributed by atoms with Gasteiger partial charge in [-0.3, -0.25) is 4.79 Å². The van der Waals surface area contributed by atoms with E-state index in [1.807, 2.05) is 16.8 Å². The number of hydrogen-bond acceptors (Lipinski definition) is 8. The van der Waals surface area contributed by atoms with Crippen molar-refractivity contribution in [3.8, 4) is 17.1 Å². The number of hydrogen-bond donors (Lipinski definition) is 0. The summed E-state index contributed by atoms with van der Waals surface area (Å²) in [6.07, 6.45) is 0. The SMILES string of the molecule is Cc1cc(=O)c(C(=O)OCc2noc(-c3ccsc3)n2)nn1-c1ccc(Cl)cc1. The van der Waals surface area contributed by atoms with E-state index in [1.54, 1.807) is 31.2 Å². The highest BCUT2D eigenvalue weighted by Crippen LogP contribution is 2.20. The molecule has 0 aliphatic carbocycles. The molecule has 0 atom stereocenters. The second-order valence-electron chi connectivity index (χ2n) is 5.99. The Morgan fingerprint density at radius 2 is 2.07 bits per heavy atom. The van der Waals surface area contributed by atoms with Gasteiger partial charge >= 0.3 is 5.97 Å². The van der Waals surface area contributed by atoms with Gasteiger partial charge in [-0.1, -0.05) is 16.8 Å². The van der Waals surface area contributed by atoms with E-state index in [0.29, 0.717) is 22.3 Å². The van der Waals surface area contributed by atoms with Crippen LogP contribution >= 0.6 is 22.9 Å². The van der Waals surface area contributed by atoms with E-state index < -0.39 is 11.4 Å². The summed E-state index contributed by atoms with van der Waals surface area (Å²) in [5.41, 5.74) is 1.12. The molecule has 4 rings (SSSR count). The molecule has 0 radical (unpaired) electrons. The first-order valence-corrected chi connectivity index (χ1v) is 9.72. The van der Waals surface area contributed by atoms with Gasteiger partial charge in [-0.2, -0.15) is 21.4 Å². The van der Waals surface area contributed by atoms with Gasteiger partial charge in [-0.25, -0.2) is 9.48 Å². The van der Waals surface area contributed by atoms with E-state index in [9.17, 15) is 9.59 Å². The van der Waals surface area contributed by atoms with E-state index in [0.717, 1.165) is 5.56 Å². The third kappa shape index (κ3) is 4.10. The summed E-state index contributed by atoms with van der Waals surface area (Å²) < 4.78 is 11.8. The summed E-state index contributed by atoms with van der Waals surface area (Å²) in [4.78, 5) is 28.8. The average molecular weight is 429 g/mol. The van der Waals surface area contributed by atoms with Crippen LogP contribution in [0.2, 0.25) is 5.02 Å². The van der Waals surface area contributed by atoms with Crippen LogP contribution in [0.1, 0.15) is 22.0 Å². The number of thiophene rings is 1. The molecule has 3 aromatic heterocycles. The van der Waals surface area contributed by atoms with Gasteiger partial charge in [-0.05, 0) is 42.6 Å². The Morgan fingerprint density at radius 1 is 1.28 bits per heavy atom. The summed E-state index contributed by atoms with van der Waals surface area (Å²) in [6, 6.07) is 10.00. The first-order valence-electron chi connectivity index (χ1n) is 8.40. The average Bonchev–Trinajstić information content (AvgIpc) is 3.39. The Balaban J connectivity index is 1.53. The number of ether oxygens (including phenoxy) is 1. The van der Waals surface area contributed by atoms with Crippen LogP contribution in [0.15, 0.2) is 56.5 Å². The molecular formula is C19H13ClN4O4S. The van der Waals surface area contributed by atoms with Crippen molar-refractivity contribution in [2.24, 2.45) is 0 Å². The minimum atomic E-state index is -0.875. The summed E-state index contributed by atoms with van der Waals surface area (Å²) in [5.74, 6) is -0.361. The number of carbonyl (C=O) groups is 1. The molecule has 1 aromatic carbocycles. The van der Waals surface area contributed by atoms with E-state index in [4.69, 9.17) is 20.9 Å². The van der Waals surface area contributed by atoms with Crippen molar-refractivity contribution in [2.75, 3.05) is 0 Å². The summed E-state index contributed by atoms with van der Waals surface area (Å²) in [6.45, 7) is 1.46. The first-order chi connectivity index (χ1) is 14.0. The van der Waals surface area contributed by atoms with Gasteiger partial charge in [0.2, 0.25) is 16.9 Å². The minimum absolute atomic E-state index is 0.185. The third-order valence-corrected chi connectivity index (χ3v) is 4.88. The summed E-state index contributed by atoms with van der Waals surface area (Å²) >= 11 is 7.40. The quantitative estimate of drug-likeness (QED) is 0.447. The van der Waals surface area contributed by atoms with Gasteiger partial charge in [0.15, 0.2) is 6.61 Å². The van der Waals surface area contributed by atoms with Gasteiger partial charge in [0.25, 0.3) is 5.89 Å². The standard InChI is InChI=1S/C19H13ClN4O4S/c1-11-8-15(25)17(22-24(11)14-4-2-13(20)3-5-14)19(26)27-9-16-21-18(28-23-16)12-6-7-29-10-12/h2-8,10H,9H2,1H3. The molecule has 0 N–H and O–H groups in total. The number of aryl methyl sites for hydroxylation is 1. The molecule has 0 aliphatic heterocycles. The highest BCUT2D eigenvalue weighted by Gasteiger charge is 2.18. The lowest BCUT2D eigenvalue weighted by molar-refractivity contribution is 0.0448. The zero-order valence-electron chi connectivity index (χ0n) is 15.0. The molecule has 8 nitrogen and oxygen atoms in total. The third-order valence-electron chi connectivity index (χ3n) is 3.94. The summed E-state index contributed by atoms with van der Waals surface area (Å²) in [7, 11) is 0. The monoisotopic (exact) mass is 428 g/mol. The predicted molar refractivity (Wildman–Crippen MR) is 106 cm³/mol. The van der Waals surface area contributed by atoms with Crippen LogP contribution in [0.3, 0.4) is 0 Å². The molecule has 0 amide bonds. The molecule has 146 valence electrons. The maximum Gasteiger partial charge on any atom is 0.363 e. The zero-order valence-corrected chi connectivity index (χ0v) is 16.6. The normalized spacial score (nSPS) is 10.8. The van der Waals surface area contributed by atoms with Crippen LogP contribution in [0, 0.1) is 6.92 Å². The lowest BCUT2D eigenvalue weighted by atomic mass is 10.3. The van der Waals surface area contributed by atoms with Crippen molar-refractivity contribution in [1.82, 2.24) is 19.9 Å². The van der Waals surface area contributed by atoms with E-state index in [2.05, 4.69) is 15.2 Å². The van der Waals surface area contributed by atoms with Crippen LogP contribution in [-0.2, 0) is 11.3 Å². The molecule has 0 unspecified atom stereocenters. The van der Waals surface area contributed by atoms with E-state index >= 15 is 0 Å². The molecule has 3 heterocycles. The van der Waals surface area contributed by atoms with Crippen molar-refractivity contribution < 1.29 is 14.1 Å². The molecule has 0 spiro atoms. The Bertz CT molecular complexity index is 1220. The highest BCUT2D eigenvalue weighted by molar-refractivity contribution is 7.08. The molecule has 10 heteroatoms. The minimum Gasteiger partial charge on any atom is -0.452 e. The number of aromatic nitrogens is 4.